The molecule has 0 bridgehead atoms. The molecule has 0 aliphatic carbocycles. The molecule has 0 fully saturated rings. The Balaban J connectivity index is 2.52. The average Bonchev–Trinajstić information content (AvgIpc) is 2.36. The third kappa shape index (κ3) is 5.72. The first-order valence-electron chi connectivity index (χ1n) is 7.02. The molecule has 4 heteroatoms. The number of rotatable bonds is 7. The zero-order valence-electron chi connectivity index (χ0n) is 13.1. The zero-order valence-corrected chi connectivity index (χ0v) is 13.1. The number of nitrogens with one attached hydrogen (secondary N) is 1. The summed E-state index contributed by atoms with van der Waals surface area (Å²) in [6.07, 6.45) is 0.394. The van der Waals surface area contributed by atoms with Crippen LogP contribution in [-0.2, 0) is 17.8 Å². The van der Waals surface area contributed by atoms with E-state index in [0.29, 0.717) is 19.5 Å². The van der Waals surface area contributed by atoms with Crippen molar-refractivity contribution in [3.05, 3.63) is 35.4 Å². The lowest BCUT2D eigenvalue weighted by atomic mass is 9.93. The van der Waals surface area contributed by atoms with Crippen molar-refractivity contribution < 1.29 is 4.79 Å². The molecule has 0 atom stereocenters. The van der Waals surface area contributed by atoms with Crippen LogP contribution in [0.4, 0.5) is 0 Å². The molecule has 112 valence electrons. The van der Waals surface area contributed by atoms with E-state index in [-0.39, 0.29) is 11.3 Å². The highest BCUT2D eigenvalue weighted by molar-refractivity contribution is 5.78. The minimum Gasteiger partial charge on any atom is -0.355 e. The lowest BCUT2D eigenvalue weighted by Crippen LogP contribution is -2.40. The maximum Gasteiger partial charge on any atom is 0.224 e. The molecule has 0 saturated heterocycles. The number of benzene rings is 1. The molecule has 0 heterocycles. The highest BCUT2D eigenvalue weighted by atomic mass is 16.1. The predicted molar refractivity (Wildman–Crippen MR) is 83.4 cm³/mol. The summed E-state index contributed by atoms with van der Waals surface area (Å²) in [6, 6.07) is 7.83. The van der Waals surface area contributed by atoms with Crippen LogP contribution >= 0.6 is 0 Å². The molecule has 1 aromatic rings. The van der Waals surface area contributed by atoms with Crippen LogP contribution in [0.25, 0.3) is 0 Å². The fraction of sp³-hybridized carbons (Fsp3) is 0.562. The zero-order chi connectivity index (χ0) is 15.2. The first-order chi connectivity index (χ1) is 9.34. The number of nitrogens with two attached hydrogens (primary N) is 1. The van der Waals surface area contributed by atoms with Gasteiger partial charge in [-0.05, 0) is 30.6 Å². The van der Waals surface area contributed by atoms with E-state index in [9.17, 15) is 4.79 Å². The van der Waals surface area contributed by atoms with Crippen molar-refractivity contribution in [1.29, 1.82) is 0 Å². The van der Waals surface area contributed by atoms with Gasteiger partial charge in [0.1, 0.15) is 0 Å². The summed E-state index contributed by atoms with van der Waals surface area (Å²) in [4.78, 5) is 14.2. The molecule has 1 rings (SSSR count). The summed E-state index contributed by atoms with van der Waals surface area (Å²) < 4.78 is 0. The van der Waals surface area contributed by atoms with Gasteiger partial charge in [0.15, 0.2) is 0 Å². The topological polar surface area (TPSA) is 58.4 Å². The van der Waals surface area contributed by atoms with Crippen LogP contribution in [0.1, 0.15) is 25.0 Å². The number of hydrogen-bond donors (Lipinski definition) is 2. The summed E-state index contributed by atoms with van der Waals surface area (Å²) >= 11 is 0. The summed E-state index contributed by atoms with van der Waals surface area (Å²) in [5.41, 5.74) is 7.80. The van der Waals surface area contributed by atoms with Crippen molar-refractivity contribution in [3.8, 4) is 0 Å². The van der Waals surface area contributed by atoms with Crippen LogP contribution < -0.4 is 11.1 Å². The van der Waals surface area contributed by atoms with Gasteiger partial charge in [-0.3, -0.25) is 4.79 Å². The Labute approximate surface area is 122 Å². The normalized spacial score (nSPS) is 11.7. The lowest BCUT2D eigenvalue weighted by Gasteiger charge is -2.28. The van der Waals surface area contributed by atoms with Crippen molar-refractivity contribution in [2.24, 2.45) is 11.1 Å². The number of carbonyl (C=O) groups is 1. The van der Waals surface area contributed by atoms with Gasteiger partial charge in [-0.15, -0.1) is 0 Å². The van der Waals surface area contributed by atoms with Crippen molar-refractivity contribution in [2.45, 2.75) is 26.8 Å². The van der Waals surface area contributed by atoms with Crippen LogP contribution in [0.15, 0.2) is 24.3 Å². The molecule has 3 N–H and O–H groups in total. The SMILES string of the molecule is CN(C)CC(C)(C)CNC(=O)Cc1ccccc1CN. The Morgan fingerprint density at radius 3 is 2.40 bits per heavy atom. The number of carbonyl (C=O) groups excluding carboxylic acids is 1. The van der Waals surface area contributed by atoms with Crippen molar-refractivity contribution >= 4 is 5.91 Å². The Hall–Kier alpha value is -1.39. The van der Waals surface area contributed by atoms with E-state index in [0.717, 1.165) is 17.7 Å². The van der Waals surface area contributed by atoms with E-state index in [1.165, 1.54) is 0 Å². The van der Waals surface area contributed by atoms with Gasteiger partial charge in [-0.1, -0.05) is 38.1 Å². The van der Waals surface area contributed by atoms with Crippen LogP contribution in [0, 0.1) is 5.41 Å². The number of nitrogens with zero attached hydrogens (tertiary/aromatic N) is 1. The second kappa shape index (κ2) is 7.41. The fourth-order valence-electron chi connectivity index (χ4n) is 2.41. The molecule has 0 spiro atoms. The predicted octanol–water partition coefficient (Wildman–Crippen LogP) is 1.39. The standard InChI is InChI=1S/C16H27N3O/c1-16(2,12-19(3)4)11-18-15(20)9-13-7-5-6-8-14(13)10-17/h5-8H,9-12,17H2,1-4H3,(H,18,20). The summed E-state index contributed by atoms with van der Waals surface area (Å²) in [5, 5.41) is 3.02. The largest absolute Gasteiger partial charge is 0.355 e. The minimum absolute atomic E-state index is 0.0535. The van der Waals surface area contributed by atoms with Crippen LogP contribution in [0.3, 0.4) is 0 Å². The molecular weight excluding hydrogens is 250 g/mol. The molecular formula is C16H27N3O. The second-order valence-electron chi connectivity index (χ2n) is 6.33. The molecule has 1 aromatic carbocycles. The van der Waals surface area contributed by atoms with E-state index in [1.54, 1.807) is 0 Å². The van der Waals surface area contributed by atoms with E-state index >= 15 is 0 Å². The van der Waals surface area contributed by atoms with Gasteiger partial charge in [0.2, 0.25) is 5.91 Å². The second-order valence-corrected chi connectivity index (χ2v) is 6.33. The van der Waals surface area contributed by atoms with Gasteiger partial charge in [-0.25, -0.2) is 0 Å². The van der Waals surface area contributed by atoms with E-state index in [1.807, 2.05) is 38.4 Å². The van der Waals surface area contributed by atoms with Gasteiger partial charge in [0.25, 0.3) is 0 Å². The quantitative estimate of drug-likeness (QED) is 0.792. The van der Waals surface area contributed by atoms with Gasteiger partial charge in [0, 0.05) is 19.6 Å². The molecule has 20 heavy (non-hydrogen) atoms. The maximum atomic E-state index is 12.0. The van der Waals surface area contributed by atoms with Gasteiger partial charge in [0.05, 0.1) is 6.42 Å². The Bertz CT molecular complexity index is 441. The number of amides is 1. The smallest absolute Gasteiger partial charge is 0.224 e. The lowest BCUT2D eigenvalue weighted by molar-refractivity contribution is -0.120. The van der Waals surface area contributed by atoms with E-state index in [4.69, 9.17) is 5.73 Å². The molecule has 0 aliphatic rings. The average molecular weight is 277 g/mol. The highest BCUT2D eigenvalue weighted by Gasteiger charge is 2.19. The molecule has 4 nitrogen and oxygen atoms in total. The summed E-state index contributed by atoms with van der Waals surface area (Å²) in [7, 11) is 4.09. The third-order valence-electron chi connectivity index (χ3n) is 3.20. The molecule has 0 aliphatic heterocycles. The number of hydrogen-bond acceptors (Lipinski definition) is 3. The third-order valence-corrected chi connectivity index (χ3v) is 3.20. The highest BCUT2D eigenvalue weighted by Crippen LogP contribution is 2.14. The van der Waals surface area contributed by atoms with Crippen LogP contribution in [0.5, 0.6) is 0 Å². The van der Waals surface area contributed by atoms with Crippen molar-refractivity contribution in [2.75, 3.05) is 27.2 Å². The minimum atomic E-state index is 0.0535. The van der Waals surface area contributed by atoms with Gasteiger partial charge >= 0.3 is 0 Å². The molecule has 0 radical (unpaired) electrons. The maximum absolute atomic E-state index is 12.0. The summed E-state index contributed by atoms with van der Waals surface area (Å²) in [5.74, 6) is 0.0535. The van der Waals surface area contributed by atoms with Gasteiger partial charge < -0.3 is 16.0 Å². The summed E-state index contributed by atoms with van der Waals surface area (Å²) in [6.45, 7) is 6.39. The molecule has 0 unspecified atom stereocenters. The monoisotopic (exact) mass is 277 g/mol. The first kappa shape index (κ1) is 16.7. The Morgan fingerprint density at radius 1 is 1.25 bits per heavy atom. The van der Waals surface area contributed by atoms with Gasteiger partial charge in [-0.2, -0.15) is 0 Å². The van der Waals surface area contributed by atoms with Crippen LogP contribution in [0.2, 0.25) is 0 Å². The molecule has 1 amide bonds. The van der Waals surface area contributed by atoms with Crippen molar-refractivity contribution in [3.63, 3.8) is 0 Å². The fourth-order valence-corrected chi connectivity index (χ4v) is 2.41. The molecule has 0 aromatic heterocycles. The Morgan fingerprint density at radius 2 is 1.85 bits per heavy atom. The molecule has 0 saturated carbocycles. The first-order valence-corrected chi connectivity index (χ1v) is 7.02. The van der Waals surface area contributed by atoms with Crippen molar-refractivity contribution in [1.82, 2.24) is 10.2 Å². The Kier molecular flexibility index (Phi) is 6.17. The van der Waals surface area contributed by atoms with E-state index < -0.39 is 0 Å². The van der Waals surface area contributed by atoms with Crippen LogP contribution in [-0.4, -0.2) is 38.0 Å². The van der Waals surface area contributed by atoms with E-state index in [2.05, 4.69) is 24.1 Å².